The molecule has 1 amide bonds. The Morgan fingerprint density at radius 1 is 0.725 bits per heavy atom. The fraction of sp³-hybridized carbons (Fsp3) is 0.235. The van der Waals surface area contributed by atoms with Crippen LogP contribution in [-0.4, -0.2) is 33.3 Å². The largest absolute Gasteiger partial charge is 0.486 e. The van der Waals surface area contributed by atoms with Crippen molar-refractivity contribution in [2.45, 2.75) is 79.4 Å². The number of aryl methyl sites for hydroxylation is 2. The van der Waals surface area contributed by atoms with Gasteiger partial charge in [0.2, 0.25) is 0 Å². The zero-order valence-electron chi connectivity index (χ0n) is 38.4. The van der Waals surface area contributed by atoms with Gasteiger partial charge in [0, 0.05) is 52.6 Å². The van der Waals surface area contributed by atoms with Crippen LogP contribution >= 0.6 is 0 Å². The number of alkyl halides is 4. The molecule has 0 radical (unpaired) electrons. The number of ether oxygens (including phenoxy) is 3. The maximum Gasteiger partial charge on any atom is 0.415 e. The minimum atomic E-state index is -2.92. The molecule has 0 aliphatic heterocycles. The third-order valence-electron chi connectivity index (χ3n) is 10.1. The van der Waals surface area contributed by atoms with E-state index in [1.165, 1.54) is 29.4 Å². The highest BCUT2D eigenvalue weighted by atomic mass is 19.3. The Bertz CT molecular complexity index is 2880. The van der Waals surface area contributed by atoms with E-state index in [0.29, 0.717) is 56.0 Å². The van der Waals surface area contributed by atoms with Gasteiger partial charge in [-0.05, 0) is 112 Å². The lowest BCUT2D eigenvalue weighted by atomic mass is 10.1. The quantitative estimate of drug-likeness (QED) is 0.0348. The number of rotatable bonds is 16. The van der Waals surface area contributed by atoms with Crippen molar-refractivity contribution in [2.75, 3.05) is 10.2 Å². The first-order valence-electron chi connectivity index (χ1n) is 21.2. The van der Waals surface area contributed by atoms with E-state index < -0.39 is 24.5 Å². The molecule has 356 valence electrons. The molecular formula is C51H50F4N10O4. The molecule has 2 heterocycles. The highest BCUT2D eigenvalue weighted by Gasteiger charge is 2.29. The highest BCUT2D eigenvalue weighted by molar-refractivity contribution is 5.95. The van der Waals surface area contributed by atoms with Crippen molar-refractivity contribution in [3.05, 3.63) is 176 Å². The Labute approximate surface area is 397 Å². The van der Waals surface area contributed by atoms with E-state index in [4.69, 9.17) is 47.0 Å². The number of carbonyl (C=O) groups is 1. The van der Waals surface area contributed by atoms with E-state index >= 15 is 0 Å². The van der Waals surface area contributed by atoms with Crippen molar-refractivity contribution in [2.24, 2.45) is 11.5 Å². The second kappa shape index (κ2) is 23.3. The maximum absolute atomic E-state index is 14.4. The Morgan fingerprint density at radius 2 is 1.25 bits per heavy atom. The summed E-state index contributed by atoms with van der Waals surface area (Å²) in [5.41, 5.74) is 14.9. The monoisotopic (exact) mass is 942 g/mol. The Balaban J connectivity index is 0.000000260. The summed E-state index contributed by atoms with van der Waals surface area (Å²) in [6, 6.07) is 30.5. The summed E-state index contributed by atoms with van der Waals surface area (Å²) in [7, 11) is 0. The molecule has 0 spiro atoms. The number of nitrogens with two attached hydrogens (primary N) is 2. The zero-order valence-corrected chi connectivity index (χ0v) is 38.4. The number of anilines is 2. The lowest BCUT2D eigenvalue weighted by molar-refractivity contribution is 0.0576. The van der Waals surface area contributed by atoms with Crippen molar-refractivity contribution in [3.63, 3.8) is 0 Å². The second-order valence-corrected chi connectivity index (χ2v) is 16.4. The van der Waals surface area contributed by atoms with E-state index in [-0.39, 0.29) is 71.9 Å². The topological polar surface area (TPSA) is 233 Å². The van der Waals surface area contributed by atoms with E-state index in [1.54, 1.807) is 120 Å². The number of aromatic nitrogens is 2. The fourth-order valence-corrected chi connectivity index (χ4v) is 6.70. The van der Waals surface area contributed by atoms with Crippen LogP contribution in [0.15, 0.2) is 109 Å². The summed E-state index contributed by atoms with van der Waals surface area (Å²) >= 11 is 0. The maximum atomic E-state index is 14.4. The second-order valence-electron chi connectivity index (χ2n) is 16.4. The molecular weight excluding hydrogens is 893 g/mol. The Morgan fingerprint density at radius 3 is 1.77 bits per heavy atom. The lowest BCUT2D eigenvalue weighted by Gasteiger charge is -2.28. The van der Waals surface area contributed by atoms with Gasteiger partial charge in [-0.3, -0.25) is 25.7 Å². The van der Waals surface area contributed by atoms with Gasteiger partial charge in [0.25, 0.3) is 12.9 Å². The van der Waals surface area contributed by atoms with Crippen molar-refractivity contribution >= 4 is 29.1 Å². The first kappa shape index (κ1) is 51.5. The Hall–Kier alpha value is -8.51. The molecule has 0 atom stereocenters. The number of nitrogens with one attached hydrogen (secondary N) is 3. The number of nitrogens with zero attached hydrogens (tertiary/aromatic N) is 5. The van der Waals surface area contributed by atoms with Crippen LogP contribution in [-0.2, 0) is 31.0 Å². The number of benzene rings is 4. The summed E-state index contributed by atoms with van der Waals surface area (Å²) in [6.07, 6.45) is -3.71. The Kier molecular flexibility index (Phi) is 17.4. The van der Waals surface area contributed by atoms with Crippen molar-refractivity contribution in [1.29, 1.82) is 21.3 Å². The van der Waals surface area contributed by atoms with Gasteiger partial charge in [-0.15, -0.1) is 0 Å². The average Bonchev–Trinajstić information content (AvgIpc) is 3.31. The molecule has 0 aliphatic carbocycles. The molecule has 6 rings (SSSR count). The van der Waals surface area contributed by atoms with Gasteiger partial charge in [-0.2, -0.15) is 10.5 Å². The summed E-state index contributed by atoms with van der Waals surface area (Å²) in [5.74, 6) is -0.171. The summed E-state index contributed by atoms with van der Waals surface area (Å²) in [4.78, 5) is 22.8. The van der Waals surface area contributed by atoms with Crippen LogP contribution in [0.4, 0.5) is 33.7 Å². The third kappa shape index (κ3) is 14.2. The zero-order chi connectivity index (χ0) is 50.4. The highest BCUT2D eigenvalue weighted by Crippen LogP contribution is 2.37. The van der Waals surface area contributed by atoms with Crippen LogP contribution in [0, 0.1) is 47.3 Å². The van der Waals surface area contributed by atoms with Crippen molar-refractivity contribution in [3.8, 4) is 23.6 Å². The minimum Gasteiger partial charge on any atom is -0.486 e. The normalized spacial score (nSPS) is 10.9. The van der Waals surface area contributed by atoms with E-state index in [1.807, 2.05) is 12.1 Å². The molecule has 0 fully saturated rings. The first-order chi connectivity index (χ1) is 32.8. The molecule has 69 heavy (non-hydrogen) atoms. The molecule has 4 aromatic carbocycles. The van der Waals surface area contributed by atoms with Gasteiger partial charge < -0.3 is 31.0 Å². The van der Waals surface area contributed by atoms with E-state index in [2.05, 4.69) is 15.3 Å². The van der Waals surface area contributed by atoms with Crippen LogP contribution in [0.5, 0.6) is 11.5 Å². The number of hydrogen-bond acceptors (Lipinski definition) is 11. The van der Waals surface area contributed by atoms with E-state index in [9.17, 15) is 22.4 Å². The lowest BCUT2D eigenvalue weighted by Crippen LogP contribution is -2.36. The first-order valence-corrected chi connectivity index (χ1v) is 21.2. The van der Waals surface area contributed by atoms with Gasteiger partial charge in [0.1, 0.15) is 42.0 Å². The van der Waals surface area contributed by atoms with Gasteiger partial charge in [0.05, 0.1) is 52.3 Å². The van der Waals surface area contributed by atoms with Crippen LogP contribution in [0.1, 0.15) is 101 Å². The van der Waals surface area contributed by atoms with Crippen LogP contribution < -0.4 is 31.2 Å². The van der Waals surface area contributed by atoms with Gasteiger partial charge in [-0.1, -0.05) is 30.3 Å². The third-order valence-corrected chi connectivity index (χ3v) is 10.1. The molecule has 18 heteroatoms. The van der Waals surface area contributed by atoms with Crippen LogP contribution in [0.2, 0.25) is 0 Å². The summed E-state index contributed by atoms with van der Waals surface area (Å²) in [6.45, 7) is 8.11. The summed E-state index contributed by atoms with van der Waals surface area (Å²) in [5, 5.41) is 36.3. The molecule has 0 saturated carbocycles. The summed E-state index contributed by atoms with van der Waals surface area (Å²) < 4.78 is 73.9. The van der Waals surface area contributed by atoms with Crippen molar-refractivity contribution < 1.29 is 36.6 Å². The van der Waals surface area contributed by atoms with E-state index in [0.717, 1.165) is 0 Å². The van der Waals surface area contributed by atoms with Gasteiger partial charge in [-0.25, -0.2) is 22.4 Å². The molecule has 7 N–H and O–H groups in total. The number of carbonyl (C=O) groups excluding carboxylic acids is 1. The van der Waals surface area contributed by atoms with Crippen LogP contribution in [0.25, 0.3) is 0 Å². The number of nitrogen functional groups attached to an aromatic ring is 2. The molecule has 0 bridgehead atoms. The molecule has 0 saturated heterocycles. The molecule has 2 aromatic heterocycles. The molecule has 0 unspecified atom stereocenters. The van der Waals surface area contributed by atoms with Gasteiger partial charge in [0.15, 0.2) is 0 Å². The number of hydrogen-bond donors (Lipinski definition) is 5. The van der Waals surface area contributed by atoms with Crippen LogP contribution in [0.3, 0.4) is 0 Å². The molecule has 14 nitrogen and oxygen atoms in total. The minimum absolute atomic E-state index is 0.0345. The smallest absolute Gasteiger partial charge is 0.415 e. The SMILES string of the molecule is Cc1ncc(CN(C(=O)OC(C)(C)C)c2ccc(C#N)cc2)c(C(F)F)c1OCc1cccc(C#N)c1.Cc1ncc(CNc2ccc(C(=N)N)cc2)c(C(F)F)c1OCc1cccc(C(=N)N)c1. The van der Waals surface area contributed by atoms with Crippen molar-refractivity contribution in [1.82, 2.24) is 9.97 Å². The number of halogens is 4. The predicted octanol–water partition coefficient (Wildman–Crippen LogP) is 10.7. The average molecular weight is 943 g/mol. The molecule has 6 aromatic rings. The number of nitriles is 2. The standard InChI is InChI=1S/C28H26F2N4O3.C23H24F2N6O/c1-18-25(36-17-21-7-5-6-20(12-21)14-32)24(26(29)30)22(15-33-18)16-34(27(35)37-28(2,3)4)23-10-8-19(13-31)9-11-23;1-13-20(32-12-14-3-2-4-16(9-14)23(28)29)19(21(24)25)17(10-30-13)11-31-18-7-5-15(6-8-18)22(26)27/h5-12,15,26H,16-17H2,1-4H3;2-10,21,31H,11-12H2,1H3,(H3,26,27)(H3,28,29). The predicted molar refractivity (Wildman–Crippen MR) is 253 cm³/mol. The number of amidine groups is 2. The fourth-order valence-electron chi connectivity index (χ4n) is 6.70. The number of amides is 1. The molecule has 0 aliphatic rings. The number of pyridine rings is 2. The van der Waals surface area contributed by atoms with Gasteiger partial charge >= 0.3 is 6.09 Å².